The Morgan fingerprint density at radius 3 is 2.53 bits per heavy atom. The Bertz CT molecular complexity index is 808. The van der Waals surface area contributed by atoms with Gasteiger partial charge in [-0.3, -0.25) is 4.79 Å². The van der Waals surface area contributed by atoms with Crippen molar-refractivity contribution in [3.8, 4) is 5.75 Å². The van der Waals surface area contributed by atoms with Gasteiger partial charge in [-0.2, -0.15) is 0 Å². The van der Waals surface area contributed by atoms with Gasteiger partial charge in [0.2, 0.25) is 5.91 Å². The van der Waals surface area contributed by atoms with Crippen LogP contribution in [0.2, 0.25) is 0 Å². The number of para-hydroxylation sites is 2. The Hall–Kier alpha value is -3.06. The first-order valence-electron chi connectivity index (χ1n) is 10.3. The molecule has 4 N–H and O–H groups in total. The summed E-state index contributed by atoms with van der Waals surface area (Å²) in [7, 11) is 1.59. The van der Waals surface area contributed by atoms with E-state index in [2.05, 4.69) is 17.6 Å². The van der Waals surface area contributed by atoms with Crippen molar-refractivity contribution in [2.24, 2.45) is 0 Å². The molecule has 0 spiro atoms. The lowest BCUT2D eigenvalue weighted by molar-refractivity contribution is -0.680. The Balaban J connectivity index is 1.78. The number of ether oxygens (including phenoxy) is 1. The maximum Gasteiger partial charge on any atom is 0.230 e. The summed E-state index contributed by atoms with van der Waals surface area (Å²) < 4.78 is 5.27. The lowest BCUT2D eigenvalue weighted by atomic mass is 10.1. The number of hydrogen-bond donors (Lipinski definition) is 3. The molecule has 0 unspecified atom stereocenters. The van der Waals surface area contributed by atoms with Gasteiger partial charge in [0.1, 0.15) is 11.8 Å². The van der Waals surface area contributed by atoms with Crippen molar-refractivity contribution in [2.45, 2.75) is 38.6 Å². The van der Waals surface area contributed by atoms with Crippen LogP contribution in [0.15, 0.2) is 48.5 Å². The standard InChI is InChI=1S/C23H31N3O4/c1-3-4-7-17-10-12-18(13-11-17)26-22(27)16-20(23(28)29)25-15-14-24-19-8-5-6-9-21(19)30-2/h5-6,8-13,20,24-25H,3-4,7,14-16H2,1-2H3,(H,26,27)(H,28,29)/t20-/m1/s1. The largest absolute Gasteiger partial charge is 0.544 e. The topological polar surface area (TPSA) is 107 Å². The van der Waals surface area contributed by atoms with Gasteiger partial charge in [0, 0.05) is 5.69 Å². The van der Waals surface area contributed by atoms with Crippen molar-refractivity contribution in [3.05, 3.63) is 54.1 Å². The number of methoxy groups -OCH3 is 1. The van der Waals surface area contributed by atoms with Crippen molar-refractivity contribution in [3.63, 3.8) is 0 Å². The van der Waals surface area contributed by atoms with E-state index in [0.717, 1.165) is 24.9 Å². The van der Waals surface area contributed by atoms with Crippen molar-refractivity contribution in [1.82, 2.24) is 0 Å². The minimum Gasteiger partial charge on any atom is -0.544 e. The first kappa shape index (κ1) is 23.2. The highest BCUT2D eigenvalue weighted by Gasteiger charge is 2.18. The lowest BCUT2D eigenvalue weighted by Gasteiger charge is -2.17. The van der Waals surface area contributed by atoms with Crippen LogP contribution < -0.4 is 25.8 Å². The van der Waals surface area contributed by atoms with Crippen LogP contribution in [0.1, 0.15) is 31.7 Å². The van der Waals surface area contributed by atoms with Gasteiger partial charge in [0.15, 0.2) is 0 Å². The number of carbonyl (C=O) groups excluding carboxylic acids is 2. The normalized spacial score (nSPS) is 11.5. The zero-order valence-electron chi connectivity index (χ0n) is 17.6. The number of amides is 1. The molecule has 0 aliphatic heterocycles. The number of aryl methyl sites for hydroxylation is 1. The van der Waals surface area contributed by atoms with E-state index in [-0.39, 0.29) is 12.3 Å². The van der Waals surface area contributed by atoms with Crippen LogP contribution >= 0.6 is 0 Å². The first-order valence-corrected chi connectivity index (χ1v) is 10.3. The molecule has 1 amide bonds. The number of unbranched alkanes of at least 4 members (excludes halogenated alkanes) is 1. The number of nitrogens with one attached hydrogen (secondary N) is 2. The van der Waals surface area contributed by atoms with Crippen LogP contribution in [-0.4, -0.2) is 38.1 Å². The molecule has 2 aromatic rings. The van der Waals surface area contributed by atoms with Crippen LogP contribution in [0.5, 0.6) is 5.75 Å². The molecule has 0 fully saturated rings. The van der Waals surface area contributed by atoms with Crippen molar-refractivity contribution < 1.29 is 24.7 Å². The summed E-state index contributed by atoms with van der Waals surface area (Å²) in [6, 6.07) is 14.2. The number of carbonyl (C=O) groups is 2. The predicted molar refractivity (Wildman–Crippen MR) is 115 cm³/mol. The number of nitrogens with two attached hydrogens (primary N) is 1. The molecule has 0 radical (unpaired) electrons. The monoisotopic (exact) mass is 413 g/mol. The summed E-state index contributed by atoms with van der Waals surface area (Å²) in [5, 5.41) is 19.0. The van der Waals surface area contributed by atoms with Crippen LogP contribution in [-0.2, 0) is 16.0 Å². The number of benzene rings is 2. The number of carboxylic acids is 1. The van der Waals surface area contributed by atoms with Crippen molar-refractivity contribution in [2.75, 3.05) is 30.8 Å². The molecule has 7 heteroatoms. The highest BCUT2D eigenvalue weighted by atomic mass is 16.5. The number of aliphatic carboxylic acids is 1. The first-order chi connectivity index (χ1) is 14.5. The number of quaternary nitrogens is 1. The molecule has 0 aromatic heterocycles. The van der Waals surface area contributed by atoms with Gasteiger partial charge in [-0.15, -0.1) is 0 Å². The summed E-state index contributed by atoms with van der Waals surface area (Å²) in [5.41, 5.74) is 2.71. The zero-order valence-corrected chi connectivity index (χ0v) is 17.6. The third kappa shape index (κ3) is 7.75. The van der Waals surface area contributed by atoms with E-state index >= 15 is 0 Å². The summed E-state index contributed by atoms with van der Waals surface area (Å²) in [6.45, 7) is 3.13. The van der Waals surface area contributed by atoms with Crippen molar-refractivity contribution in [1.29, 1.82) is 0 Å². The molecule has 0 aliphatic rings. The predicted octanol–water partition coefficient (Wildman–Crippen LogP) is 1.16. The van der Waals surface area contributed by atoms with E-state index in [1.807, 2.05) is 48.5 Å². The number of carboxylic acid groups (broad SMARTS) is 1. The quantitative estimate of drug-likeness (QED) is 0.427. The zero-order chi connectivity index (χ0) is 21.8. The highest BCUT2D eigenvalue weighted by Crippen LogP contribution is 2.22. The highest BCUT2D eigenvalue weighted by molar-refractivity contribution is 5.93. The van der Waals surface area contributed by atoms with Crippen LogP contribution in [0.3, 0.4) is 0 Å². The van der Waals surface area contributed by atoms with Gasteiger partial charge in [-0.1, -0.05) is 37.6 Å². The van der Waals surface area contributed by atoms with E-state index in [4.69, 9.17) is 4.74 Å². The van der Waals surface area contributed by atoms with Crippen LogP contribution in [0.25, 0.3) is 0 Å². The van der Waals surface area contributed by atoms with E-state index in [9.17, 15) is 14.7 Å². The second kappa shape index (κ2) is 12.5. The van der Waals surface area contributed by atoms with Crippen molar-refractivity contribution >= 4 is 23.3 Å². The maximum atomic E-state index is 12.3. The second-order valence-electron chi connectivity index (χ2n) is 7.13. The fourth-order valence-electron chi connectivity index (χ4n) is 3.09. The second-order valence-corrected chi connectivity index (χ2v) is 7.13. The summed E-state index contributed by atoms with van der Waals surface area (Å²) in [5.74, 6) is -0.883. The molecular weight excluding hydrogens is 382 g/mol. The number of hydrogen-bond acceptors (Lipinski definition) is 5. The van der Waals surface area contributed by atoms with Crippen LogP contribution in [0, 0.1) is 0 Å². The fraction of sp³-hybridized carbons (Fsp3) is 0.391. The molecule has 2 aromatic carbocycles. The van der Waals surface area contributed by atoms with E-state index in [1.165, 1.54) is 5.56 Å². The maximum absolute atomic E-state index is 12.3. The number of rotatable bonds is 13. The van der Waals surface area contributed by atoms with E-state index in [1.54, 1.807) is 12.4 Å². The summed E-state index contributed by atoms with van der Waals surface area (Å²) in [6.07, 6.45) is 3.11. The molecule has 1 atom stereocenters. The Kier molecular flexibility index (Phi) is 9.67. The number of anilines is 2. The molecule has 162 valence electrons. The fourth-order valence-corrected chi connectivity index (χ4v) is 3.09. The minimum absolute atomic E-state index is 0.158. The van der Waals surface area contributed by atoms with Gasteiger partial charge in [-0.25, -0.2) is 0 Å². The van der Waals surface area contributed by atoms with Gasteiger partial charge >= 0.3 is 0 Å². The van der Waals surface area contributed by atoms with E-state index < -0.39 is 12.0 Å². The average Bonchev–Trinajstić information content (AvgIpc) is 2.75. The Morgan fingerprint density at radius 2 is 1.87 bits per heavy atom. The van der Waals surface area contributed by atoms with Gasteiger partial charge in [0.05, 0.1) is 38.3 Å². The molecule has 30 heavy (non-hydrogen) atoms. The van der Waals surface area contributed by atoms with Gasteiger partial charge < -0.3 is 30.6 Å². The Labute approximate surface area is 177 Å². The molecule has 0 saturated heterocycles. The molecular formula is C23H31N3O4. The molecule has 7 nitrogen and oxygen atoms in total. The third-order valence-electron chi connectivity index (χ3n) is 4.78. The molecule has 2 rings (SSSR count). The summed E-state index contributed by atoms with van der Waals surface area (Å²) in [4.78, 5) is 23.7. The van der Waals surface area contributed by atoms with Crippen LogP contribution in [0.4, 0.5) is 11.4 Å². The smallest absolute Gasteiger partial charge is 0.230 e. The average molecular weight is 414 g/mol. The lowest BCUT2D eigenvalue weighted by Crippen LogP contribution is -2.94. The molecule has 0 aliphatic carbocycles. The minimum atomic E-state index is -1.25. The SMILES string of the molecule is CCCCc1ccc(NC(=O)C[C@@H]([NH2+]CCNc2ccccc2OC)C(=O)[O-])cc1. The van der Waals surface area contributed by atoms with Gasteiger partial charge in [0.25, 0.3) is 0 Å². The molecule has 0 heterocycles. The van der Waals surface area contributed by atoms with E-state index in [0.29, 0.717) is 24.5 Å². The summed E-state index contributed by atoms with van der Waals surface area (Å²) >= 11 is 0. The third-order valence-corrected chi connectivity index (χ3v) is 4.78. The van der Waals surface area contributed by atoms with Gasteiger partial charge in [-0.05, 0) is 42.7 Å². The molecule has 0 saturated carbocycles. The Morgan fingerprint density at radius 1 is 1.13 bits per heavy atom. The molecule has 0 bridgehead atoms.